The van der Waals surface area contributed by atoms with Crippen molar-refractivity contribution in [1.29, 1.82) is 10.5 Å². The smallest absolute Gasteiger partial charge is 0.226 e. The number of hydrogen-bond acceptors (Lipinski definition) is 9. The molecule has 0 saturated carbocycles. The summed E-state index contributed by atoms with van der Waals surface area (Å²) in [7, 11) is 0. The lowest BCUT2D eigenvalue weighted by molar-refractivity contribution is 0.0886. The zero-order chi connectivity index (χ0) is 27.2. The van der Waals surface area contributed by atoms with Crippen LogP contribution >= 0.6 is 11.8 Å². The van der Waals surface area contributed by atoms with Gasteiger partial charge in [-0.25, -0.2) is 9.97 Å². The lowest BCUT2D eigenvalue weighted by Gasteiger charge is -2.13. The Morgan fingerprint density at radius 2 is 1.74 bits per heavy atom. The van der Waals surface area contributed by atoms with Crippen LogP contribution in [0.4, 0.5) is 5.82 Å². The Labute approximate surface area is 225 Å². The molecule has 2 aromatic heterocycles. The van der Waals surface area contributed by atoms with Gasteiger partial charge in [-0.15, -0.1) is 0 Å². The number of aliphatic hydroxyl groups is 2. The summed E-state index contributed by atoms with van der Waals surface area (Å²) in [6.45, 7) is 3.56. The van der Waals surface area contributed by atoms with E-state index in [-0.39, 0.29) is 23.6 Å². The quantitative estimate of drug-likeness (QED) is 0.258. The van der Waals surface area contributed by atoms with Gasteiger partial charge >= 0.3 is 0 Å². The van der Waals surface area contributed by atoms with E-state index in [9.17, 15) is 15.6 Å². The van der Waals surface area contributed by atoms with Crippen LogP contribution in [0, 0.1) is 36.5 Å². The molecule has 192 valence electrons. The van der Waals surface area contributed by atoms with Crippen LogP contribution in [0.1, 0.15) is 40.1 Å². The second-order valence-electron chi connectivity index (χ2n) is 8.85. The minimum Gasteiger partial charge on any atom is -0.441 e. The molecule has 4 rings (SSSR count). The molecular formula is C29H27N5O3S. The number of anilines is 1. The van der Waals surface area contributed by atoms with E-state index in [4.69, 9.17) is 15.3 Å². The van der Waals surface area contributed by atoms with Crippen molar-refractivity contribution in [3.05, 3.63) is 82.2 Å². The van der Waals surface area contributed by atoms with E-state index in [1.54, 1.807) is 0 Å². The highest BCUT2D eigenvalue weighted by atomic mass is 32.2. The molecule has 0 bridgehead atoms. The highest BCUT2D eigenvalue weighted by Crippen LogP contribution is 2.37. The molecule has 0 aliphatic rings. The molecule has 0 spiro atoms. The van der Waals surface area contributed by atoms with Gasteiger partial charge in [-0.1, -0.05) is 54.2 Å². The largest absolute Gasteiger partial charge is 0.441 e. The SMILES string of the molecule is Cc1ccccc1-c1nc(CSc2nc(N)c(C#N)c(-c3ccc(CC[C@H](O)CO)cc3)c2C#N)c(C)o1. The van der Waals surface area contributed by atoms with Gasteiger partial charge in [0.2, 0.25) is 5.89 Å². The predicted octanol–water partition coefficient (Wildman–Crippen LogP) is 4.92. The van der Waals surface area contributed by atoms with Crippen LogP contribution < -0.4 is 5.73 Å². The number of aliphatic hydroxyl groups excluding tert-OH is 2. The third kappa shape index (κ3) is 5.71. The van der Waals surface area contributed by atoms with E-state index in [1.807, 2.05) is 62.4 Å². The van der Waals surface area contributed by atoms with Crippen molar-refractivity contribution in [1.82, 2.24) is 9.97 Å². The van der Waals surface area contributed by atoms with Crippen LogP contribution in [0.25, 0.3) is 22.6 Å². The number of aromatic nitrogens is 2. The third-order valence-corrected chi connectivity index (χ3v) is 7.24. The Morgan fingerprint density at radius 1 is 1.03 bits per heavy atom. The van der Waals surface area contributed by atoms with Gasteiger partial charge in [-0.3, -0.25) is 0 Å². The molecule has 4 aromatic rings. The van der Waals surface area contributed by atoms with Crippen molar-refractivity contribution in [2.24, 2.45) is 0 Å². The van der Waals surface area contributed by atoms with Crippen LogP contribution in [0.5, 0.6) is 0 Å². The standard InChI is InChI=1S/C29H27N5O3S/c1-17-5-3-4-6-22(17)28-33-25(18(2)37-28)16-38-29-24(14-31)26(23(13-30)27(32)34-29)20-10-7-19(8-11-20)9-12-21(36)15-35/h3-8,10-11,21,35-36H,9,12,15-16H2,1-2H3,(H2,32,34)/t21-/m0/s1. The van der Waals surface area contributed by atoms with Crippen molar-refractivity contribution < 1.29 is 14.6 Å². The molecule has 0 amide bonds. The number of nitrogen functional groups attached to an aromatic ring is 1. The molecule has 4 N–H and O–H groups in total. The number of nitriles is 2. The monoisotopic (exact) mass is 525 g/mol. The molecule has 1 atom stereocenters. The van der Waals surface area contributed by atoms with Gasteiger partial charge in [0.1, 0.15) is 34.3 Å². The zero-order valence-electron chi connectivity index (χ0n) is 21.1. The minimum atomic E-state index is -0.772. The average Bonchev–Trinajstić information content (AvgIpc) is 3.30. The lowest BCUT2D eigenvalue weighted by Crippen LogP contribution is -2.12. The summed E-state index contributed by atoms with van der Waals surface area (Å²) in [6.07, 6.45) is 0.240. The molecule has 0 aliphatic heterocycles. The average molecular weight is 526 g/mol. The summed E-state index contributed by atoms with van der Waals surface area (Å²) in [6, 6.07) is 19.6. The number of nitrogens with two attached hydrogens (primary N) is 1. The number of thioether (sulfide) groups is 1. The summed E-state index contributed by atoms with van der Waals surface area (Å²) in [5.41, 5.74) is 11.4. The topological polar surface area (TPSA) is 153 Å². The number of nitrogens with zero attached hydrogens (tertiary/aromatic N) is 4. The summed E-state index contributed by atoms with van der Waals surface area (Å²) in [5, 5.41) is 39.0. The lowest BCUT2D eigenvalue weighted by atomic mass is 9.95. The first-order valence-corrected chi connectivity index (χ1v) is 13.0. The highest BCUT2D eigenvalue weighted by Gasteiger charge is 2.22. The summed E-state index contributed by atoms with van der Waals surface area (Å²) in [5.74, 6) is 1.67. The molecule has 0 unspecified atom stereocenters. The van der Waals surface area contributed by atoms with Gasteiger partial charge < -0.3 is 20.4 Å². The predicted molar refractivity (Wildman–Crippen MR) is 146 cm³/mol. The number of rotatable bonds is 9. The third-order valence-electron chi connectivity index (χ3n) is 6.25. The van der Waals surface area contributed by atoms with Crippen molar-refractivity contribution in [2.45, 2.75) is 43.6 Å². The molecule has 0 aliphatic carbocycles. The van der Waals surface area contributed by atoms with Crippen molar-refractivity contribution in [3.8, 4) is 34.7 Å². The van der Waals surface area contributed by atoms with Gasteiger partial charge in [0, 0.05) is 16.9 Å². The van der Waals surface area contributed by atoms with E-state index >= 15 is 0 Å². The van der Waals surface area contributed by atoms with E-state index in [2.05, 4.69) is 22.1 Å². The zero-order valence-corrected chi connectivity index (χ0v) is 21.9. The van der Waals surface area contributed by atoms with E-state index in [1.165, 1.54) is 11.8 Å². The van der Waals surface area contributed by atoms with E-state index in [0.717, 1.165) is 22.4 Å². The molecule has 0 fully saturated rings. The molecule has 38 heavy (non-hydrogen) atoms. The molecule has 8 nitrogen and oxygen atoms in total. The summed E-state index contributed by atoms with van der Waals surface area (Å²) < 4.78 is 5.93. The van der Waals surface area contributed by atoms with Gasteiger partial charge in [-0.05, 0) is 49.4 Å². The van der Waals surface area contributed by atoms with Gasteiger partial charge in [-0.2, -0.15) is 10.5 Å². The Morgan fingerprint density at radius 3 is 2.39 bits per heavy atom. The molecule has 0 radical (unpaired) electrons. The van der Waals surface area contributed by atoms with Crippen LogP contribution in [0.2, 0.25) is 0 Å². The fourth-order valence-electron chi connectivity index (χ4n) is 4.08. The number of oxazole rings is 1. The molecule has 2 aromatic carbocycles. The Bertz CT molecular complexity index is 1530. The second-order valence-corrected chi connectivity index (χ2v) is 9.81. The van der Waals surface area contributed by atoms with Crippen LogP contribution in [0.3, 0.4) is 0 Å². The van der Waals surface area contributed by atoms with Crippen LogP contribution in [0.15, 0.2) is 58.0 Å². The highest BCUT2D eigenvalue weighted by molar-refractivity contribution is 7.98. The van der Waals surface area contributed by atoms with E-state index in [0.29, 0.717) is 46.4 Å². The maximum Gasteiger partial charge on any atom is 0.226 e. The fraction of sp³-hybridized carbons (Fsp3) is 0.241. The number of hydrogen-bond donors (Lipinski definition) is 3. The van der Waals surface area contributed by atoms with Crippen LogP contribution in [-0.2, 0) is 12.2 Å². The second kappa shape index (κ2) is 11.9. The maximum atomic E-state index is 10.1. The summed E-state index contributed by atoms with van der Waals surface area (Å²) >= 11 is 1.31. The Kier molecular flexibility index (Phi) is 8.45. The molecule has 0 saturated heterocycles. The fourth-order valence-corrected chi connectivity index (χ4v) is 5.08. The summed E-state index contributed by atoms with van der Waals surface area (Å²) in [4.78, 5) is 9.06. The maximum absolute atomic E-state index is 10.1. The van der Waals surface area contributed by atoms with Gasteiger partial charge in [0.05, 0.1) is 24.0 Å². The van der Waals surface area contributed by atoms with Crippen molar-refractivity contribution >= 4 is 17.6 Å². The van der Waals surface area contributed by atoms with Crippen LogP contribution in [-0.4, -0.2) is 32.9 Å². The Hall–Kier alpha value is -4.15. The first-order chi connectivity index (χ1) is 18.4. The molecular weight excluding hydrogens is 498 g/mol. The minimum absolute atomic E-state index is 0.0524. The number of aryl methyl sites for hydroxylation is 3. The Balaban J connectivity index is 1.64. The number of benzene rings is 2. The van der Waals surface area contributed by atoms with Crippen molar-refractivity contribution in [3.63, 3.8) is 0 Å². The molecule has 9 heteroatoms. The first-order valence-electron chi connectivity index (χ1n) is 12.0. The first kappa shape index (κ1) is 26.9. The van der Waals surface area contributed by atoms with E-state index < -0.39 is 6.10 Å². The molecule has 2 heterocycles. The van der Waals surface area contributed by atoms with Gasteiger partial charge in [0.25, 0.3) is 0 Å². The number of pyridine rings is 1. The van der Waals surface area contributed by atoms with Crippen molar-refractivity contribution in [2.75, 3.05) is 12.3 Å². The van der Waals surface area contributed by atoms with Gasteiger partial charge in [0.15, 0.2) is 0 Å². The normalized spacial score (nSPS) is 11.6.